The van der Waals surface area contributed by atoms with Crippen molar-refractivity contribution in [3.63, 3.8) is 0 Å². The summed E-state index contributed by atoms with van der Waals surface area (Å²) in [6.07, 6.45) is 6.70. The molecule has 1 rings (SSSR count). The van der Waals surface area contributed by atoms with E-state index >= 15 is 0 Å². The van der Waals surface area contributed by atoms with Crippen LogP contribution in [0, 0.1) is 0 Å². The number of hydrazone groups is 1. The zero-order valence-corrected chi connectivity index (χ0v) is 8.74. The summed E-state index contributed by atoms with van der Waals surface area (Å²) in [5, 5.41) is 3.49. The van der Waals surface area contributed by atoms with Crippen molar-refractivity contribution in [2.24, 2.45) is 10.9 Å². The van der Waals surface area contributed by atoms with Crippen molar-refractivity contribution in [1.29, 1.82) is 0 Å². The van der Waals surface area contributed by atoms with Crippen LogP contribution in [0.15, 0.2) is 29.4 Å². The maximum absolute atomic E-state index is 5.07. The second-order valence-corrected chi connectivity index (χ2v) is 3.48. The Morgan fingerprint density at radius 3 is 2.50 bits per heavy atom. The molecule has 2 N–H and O–H groups in total. The monoisotopic (exact) mass is 190 g/mol. The molecule has 0 saturated heterocycles. The lowest BCUT2D eigenvalue weighted by atomic mass is 10.1. The summed E-state index contributed by atoms with van der Waals surface area (Å²) in [7, 11) is 0. The van der Waals surface area contributed by atoms with Crippen LogP contribution in [0.5, 0.6) is 0 Å². The molecule has 2 nitrogen and oxygen atoms in total. The first-order chi connectivity index (χ1) is 6.86. The van der Waals surface area contributed by atoms with Crippen molar-refractivity contribution >= 4 is 6.21 Å². The summed E-state index contributed by atoms with van der Waals surface area (Å²) in [6, 6.07) is 8.40. The van der Waals surface area contributed by atoms with Gasteiger partial charge in [0.2, 0.25) is 0 Å². The topological polar surface area (TPSA) is 38.4 Å². The number of hydrogen-bond acceptors (Lipinski definition) is 2. The Labute approximate surface area is 85.8 Å². The van der Waals surface area contributed by atoms with Gasteiger partial charge in [-0.15, -0.1) is 0 Å². The van der Waals surface area contributed by atoms with Crippen LogP contribution in [0.3, 0.4) is 0 Å². The molecule has 0 fully saturated rings. The van der Waals surface area contributed by atoms with E-state index in [2.05, 4.69) is 36.3 Å². The number of rotatable bonds is 5. The lowest BCUT2D eigenvalue weighted by molar-refractivity contribution is 0.717. The van der Waals surface area contributed by atoms with Crippen LogP contribution >= 0.6 is 0 Å². The highest BCUT2D eigenvalue weighted by Crippen LogP contribution is 2.07. The number of aryl methyl sites for hydroxylation is 1. The van der Waals surface area contributed by atoms with Crippen LogP contribution in [0.1, 0.15) is 37.3 Å². The van der Waals surface area contributed by atoms with E-state index in [1.165, 1.54) is 31.2 Å². The molecule has 0 heterocycles. The van der Waals surface area contributed by atoms with Gasteiger partial charge in [-0.05, 0) is 24.0 Å². The zero-order chi connectivity index (χ0) is 10.2. The molecule has 0 amide bonds. The summed E-state index contributed by atoms with van der Waals surface area (Å²) >= 11 is 0. The molecule has 2 heteroatoms. The molecule has 1 aromatic rings. The molecular formula is C12H18N2. The number of hydrogen-bond donors (Lipinski definition) is 1. The van der Waals surface area contributed by atoms with E-state index in [-0.39, 0.29) is 0 Å². The number of benzene rings is 1. The molecule has 0 aromatic heterocycles. The van der Waals surface area contributed by atoms with Gasteiger partial charge in [-0.2, -0.15) is 5.10 Å². The number of unbranched alkanes of at least 4 members (excludes halogenated alkanes) is 2. The highest BCUT2D eigenvalue weighted by atomic mass is 15.1. The second kappa shape index (κ2) is 6.19. The Kier molecular flexibility index (Phi) is 4.76. The molecule has 76 valence electrons. The van der Waals surface area contributed by atoms with Crippen LogP contribution < -0.4 is 5.84 Å². The summed E-state index contributed by atoms with van der Waals surface area (Å²) in [6.45, 7) is 2.22. The average Bonchev–Trinajstić information content (AvgIpc) is 2.21. The molecule has 1 aromatic carbocycles. The third-order valence-electron chi connectivity index (χ3n) is 2.27. The van der Waals surface area contributed by atoms with E-state index in [1.54, 1.807) is 6.21 Å². The minimum atomic E-state index is 1.06. The number of nitrogens with zero attached hydrogens (tertiary/aromatic N) is 1. The van der Waals surface area contributed by atoms with Gasteiger partial charge in [-0.25, -0.2) is 0 Å². The smallest absolute Gasteiger partial charge is 0.0538 e. The number of nitrogens with two attached hydrogens (primary N) is 1. The molecule has 0 saturated carbocycles. The zero-order valence-electron chi connectivity index (χ0n) is 8.74. The largest absolute Gasteiger partial charge is 0.323 e. The Bertz CT molecular complexity index is 275. The minimum absolute atomic E-state index is 1.06. The molecule has 0 atom stereocenters. The van der Waals surface area contributed by atoms with E-state index in [0.29, 0.717) is 0 Å². The van der Waals surface area contributed by atoms with Gasteiger partial charge >= 0.3 is 0 Å². The Balaban J connectivity index is 2.46. The molecular weight excluding hydrogens is 172 g/mol. The summed E-state index contributed by atoms with van der Waals surface area (Å²) in [5.41, 5.74) is 2.46. The third kappa shape index (κ3) is 3.60. The van der Waals surface area contributed by atoms with Gasteiger partial charge in [0.15, 0.2) is 0 Å². The van der Waals surface area contributed by atoms with Crippen LogP contribution in [0.2, 0.25) is 0 Å². The van der Waals surface area contributed by atoms with Gasteiger partial charge in [0.25, 0.3) is 0 Å². The fourth-order valence-electron chi connectivity index (χ4n) is 1.44. The van der Waals surface area contributed by atoms with Crippen molar-refractivity contribution in [3.05, 3.63) is 35.4 Å². The van der Waals surface area contributed by atoms with Gasteiger partial charge < -0.3 is 5.84 Å². The molecule has 0 aliphatic rings. The minimum Gasteiger partial charge on any atom is -0.323 e. The lowest BCUT2D eigenvalue weighted by Gasteiger charge is -2.00. The SMILES string of the molecule is CCCCCc1ccc(/C=N/N)cc1. The predicted molar refractivity (Wildman–Crippen MR) is 61.5 cm³/mol. The van der Waals surface area contributed by atoms with Crippen LogP contribution in [-0.4, -0.2) is 6.21 Å². The molecule has 0 spiro atoms. The quantitative estimate of drug-likeness (QED) is 0.330. The van der Waals surface area contributed by atoms with E-state index in [4.69, 9.17) is 5.84 Å². The first-order valence-electron chi connectivity index (χ1n) is 5.19. The van der Waals surface area contributed by atoms with Gasteiger partial charge in [0, 0.05) is 0 Å². The third-order valence-corrected chi connectivity index (χ3v) is 2.27. The maximum atomic E-state index is 5.07. The fraction of sp³-hybridized carbons (Fsp3) is 0.417. The van der Waals surface area contributed by atoms with Crippen LogP contribution in [-0.2, 0) is 6.42 Å². The summed E-state index contributed by atoms with van der Waals surface area (Å²) in [5.74, 6) is 5.07. The van der Waals surface area contributed by atoms with E-state index in [0.717, 1.165) is 5.56 Å². The van der Waals surface area contributed by atoms with Gasteiger partial charge in [0.05, 0.1) is 6.21 Å². The van der Waals surface area contributed by atoms with E-state index in [1.807, 2.05) is 0 Å². The van der Waals surface area contributed by atoms with Crippen molar-refractivity contribution in [1.82, 2.24) is 0 Å². The molecule has 0 aliphatic carbocycles. The van der Waals surface area contributed by atoms with Gasteiger partial charge in [-0.3, -0.25) is 0 Å². The van der Waals surface area contributed by atoms with E-state index in [9.17, 15) is 0 Å². The van der Waals surface area contributed by atoms with Crippen molar-refractivity contribution < 1.29 is 0 Å². The molecule has 14 heavy (non-hydrogen) atoms. The summed E-state index contributed by atoms with van der Waals surface area (Å²) < 4.78 is 0. The molecule has 0 radical (unpaired) electrons. The van der Waals surface area contributed by atoms with Crippen molar-refractivity contribution in [2.75, 3.05) is 0 Å². The Hall–Kier alpha value is -1.31. The lowest BCUT2D eigenvalue weighted by Crippen LogP contribution is -1.89. The van der Waals surface area contributed by atoms with Gasteiger partial charge in [0.1, 0.15) is 0 Å². The first-order valence-corrected chi connectivity index (χ1v) is 5.19. The van der Waals surface area contributed by atoms with Crippen molar-refractivity contribution in [3.8, 4) is 0 Å². The van der Waals surface area contributed by atoms with Gasteiger partial charge in [-0.1, -0.05) is 44.0 Å². The predicted octanol–water partition coefficient (Wildman–Crippen LogP) is 2.71. The average molecular weight is 190 g/mol. The maximum Gasteiger partial charge on any atom is 0.0538 e. The fourth-order valence-corrected chi connectivity index (χ4v) is 1.44. The summed E-state index contributed by atoms with van der Waals surface area (Å²) in [4.78, 5) is 0. The molecule has 0 unspecified atom stereocenters. The Morgan fingerprint density at radius 1 is 1.21 bits per heavy atom. The van der Waals surface area contributed by atoms with Crippen molar-refractivity contribution in [2.45, 2.75) is 32.6 Å². The van der Waals surface area contributed by atoms with Crippen LogP contribution in [0.4, 0.5) is 0 Å². The van der Waals surface area contributed by atoms with E-state index < -0.39 is 0 Å². The standard InChI is InChI=1S/C12H18N2/c1-2-3-4-5-11-6-8-12(9-7-11)10-14-13/h6-10H,2-5,13H2,1H3/b14-10+. The van der Waals surface area contributed by atoms with Crippen LogP contribution in [0.25, 0.3) is 0 Å². The first kappa shape index (κ1) is 10.8. The highest BCUT2D eigenvalue weighted by Gasteiger charge is 1.93. The molecule has 0 aliphatic heterocycles. The Morgan fingerprint density at radius 2 is 1.93 bits per heavy atom. The normalized spacial score (nSPS) is 10.9. The highest BCUT2D eigenvalue weighted by molar-refractivity contribution is 5.79. The molecule has 0 bridgehead atoms. The second-order valence-electron chi connectivity index (χ2n) is 3.48.